The van der Waals surface area contributed by atoms with Gasteiger partial charge in [-0.25, -0.2) is 0 Å². The molecule has 1 aromatic carbocycles. The average Bonchev–Trinajstić information content (AvgIpc) is 2.91. The van der Waals surface area contributed by atoms with Crippen molar-refractivity contribution < 1.29 is 54.4 Å². The maximum Gasteiger partial charge on any atom is 0.322 e. The Hall–Kier alpha value is -4.80. The number of carboxylic acid groups (broad SMARTS) is 2. The van der Waals surface area contributed by atoms with Crippen LogP contribution in [0.25, 0.3) is 0 Å². The lowest BCUT2D eigenvalue weighted by molar-refractivity contribution is -0.384. The minimum atomic E-state index is -1.45. The Kier molecular flexibility index (Phi) is 12.4. The Bertz CT molecular complexity index is 1170. The average molecular weight is 582 g/mol. The number of benzene rings is 1. The molecule has 0 saturated carbocycles. The van der Waals surface area contributed by atoms with Crippen molar-refractivity contribution in [2.45, 2.75) is 56.7 Å². The molecule has 0 aromatic heterocycles. The molecule has 0 fully saturated rings. The normalized spacial score (nSPS) is 19.7. The largest absolute Gasteiger partial charge is 0.493 e. The zero-order valence-electron chi connectivity index (χ0n) is 22.1. The summed E-state index contributed by atoms with van der Waals surface area (Å²) < 4.78 is 5.61. The minimum absolute atomic E-state index is 0.113. The SMILES string of the molecule is [NH3+]CCCCC1NC(=O)C(CCC(=O)O)NC(=O)c2cc([N+](=O)[O-])ccc2OCCC(C(=O)NCC(=O)O)NC1=O. The molecule has 1 aliphatic heterocycles. The van der Waals surface area contributed by atoms with Crippen LogP contribution in [-0.4, -0.2) is 88.5 Å². The first kappa shape index (κ1) is 32.4. The van der Waals surface area contributed by atoms with Gasteiger partial charge in [0.25, 0.3) is 11.6 Å². The second-order valence-electron chi connectivity index (χ2n) is 9.12. The van der Waals surface area contributed by atoms with E-state index < -0.39 is 77.3 Å². The van der Waals surface area contributed by atoms with Gasteiger partial charge in [-0.1, -0.05) is 0 Å². The third-order valence-electron chi connectivity index (χ3n) is 6.02. The molecule has 4 amide bonds. The van der Waals surface area contributed by atoms with E-state index in [4.69, 9.17) is 14.9 Å². The molecule has 17 heteroatoms. The highest BCUT2D eigenvalue weighted by Gasteiger charge is 2.31. The summed E-state index contributed by atoms with van der Waals surface area (Å²) in [5, 5.41) is 38.9. The fourth-order valence-corrected chi connectivity index (χ4v) is 3.89. The molecule has 3 unspecified atom stereocenters. The molecule has 2 rings (SSSR count). The molecule has 0 aliphatic carbocycles. The van der Waals surface area contributed by atoms with E-state index in [2.05, 4.69) is 27.0 Å². The van der Waals surface area contributed by atoms with Crippen molar-refractivity contribution in [3.05, 3.63) is 33.9 Å². The summed E-state index contributed by atoms with van der Waals surface area (Å²) in [6.45, 7) is -0.471. The number of aliphatic carboxylic acids is 2. The number of hydrogen-bond acceptors (Lipinski definition) is 9. The van der Waals surface area contributed by atoms with Crippen LogP contribution in [0.15, 0.2) is 18.2 Å². The van der Waals surface area contributed by atoms with E-state index in [1.54, 1.807) is 0 Å². The number of ether oxygens (including phenoxy) is 1. The number of amides is 4. The highest BCUT2D eigenvalue weighted by molar-refractivity contribution is 6.01. The number of carbonyl (C=O) groups is 6. The first-order valence-corrected chi connectivity index (χ1v) is 12.8. The van der Waals surface area contributed by atoms with Crippen molar-refractivity contribution in [1.82, 2.24) is 21.3 Å². The van der Waals surface area contributed by atoms with Crippen LogP contribution in [0.5, 0.6) is 5.75 Å². The third-order valence-corrected chi connectivity index (χ3v) is 6.02. The molecular weight excluding hydrogens is 548 g/mol. The Morgan fingerprint density at radius 3 is 2.34 bits per heavy atom. The van der Waals surface area contributed by atoms with Gasteiger partial charge in [-0.15, -0.1) is 0 Å². The first-order valence-electron chi connectivity index (χ1n) is 12.8. The summed E-state index contributed by atoms with van der Waals surface area (Å²) in [5.41, 5.74) is 2.94. The summed E-state index contributed by atoms with van der Waals surface area (Å²) in [4.78, 5) is 85.0. The standard InChI is InChI=1S/C24H32N6O11/c25-9-2-1-3-15-23(37)29-17(22(36)26-12-20(33)34)8-10-41-18-6-4-13(30(39)40)11-14(18)21(35)27-16(24(38)28-15)5-7-19(31)32/h4,6,11,15-17H,1-3,5,7-10,12,25H2,(H,26,36)(H,27,35)(H,28,38)(H,29,37)(H,31,32)(H,33,34)/p+1. The quantitative estimate of drug-likeness (QED) is 0.0846. The number of non-ortho nitro benzene ring substituents is 1. The maximum atomic E-state index is 13.2. The summed E-state index contributed by atoms with van der Waals surface area (Å²) in [5.74, 6) is -6.22. The highest BCUT2D eigenvalue weighted by atomic mass is 16.6. The number of carboxylic acids is 2. The zero-order chi connectivity index (χ0) is 30.5. The second kappa shape index (κ2) is 15.7. The van der Waals surface area contributed by atoms with Gasteiger partial charge in [-0.05, 0) is 31.7 Å². The van der Waals surface area contributed by atoms with Gasteiger partial charge < -0.3 is 42.0 Å². The topological polar surface area (TPSA) is 271 Å². The Morgan fingerprint density at radius 2 is 1.71 bits per heavy atom. The van der Waals surface area contributed by atoms with Crippen molar-refractivity contribution in [3.8, 4) is 5.75 Å². The number of fused-ring (bicyclic) bond motifs is 1. The number of nitrogens with zero attached hydrogens (tertiary/aromatic N) is 1. The lowest BCUT2D eigenvalue weighted by atomic mass is 10.0. The van der Waals surface area contributed by atoms with Crippen LogP contribution in [0.1, 0.15) is 48.9 Å². The van der Waals surface area contributed by atoms with Gasteiger partial charge in [0.2, 0.25) is 17.7 Å². The summed E-state index contributed by atoms with van der Waals surface area (Å²) >= 11 is 0. The second-order valence-corrected chi connectivity index (χ2v) is 9.12. The minimum Gasteiger partial charge on any atom is -0.493 e. The molecule has 1 heterocycles. The Morgan fingerprint density at radius 1 is 1.02 bits per heavy atom. The summed E-state index contributed by atoms with van der Waals surface area (Å²) in [6.07, 6.45) is 0.0683. The van der Waals surface area contributed by atoms with Gasteiger partial charge in [0.05, 0.1) is 23.6 Å². The van der Waals surface area contributed by atoms with Crippen LogP contribution in [0.4, 0.5) is 5.69 Å². The van der Waals surface area contributed by atoms with Gasteiger partial charge in [0.1, 0.15) is 30.4 Å². The Labute approximate surface area is 233 Å². The molecular formula is C24H33N6O11+. The van der Waals surface area contributed by atoms with Gasteiger partial charge in [-0.3, -0.25) is 38.9 Å². The van der Waals surface area contributed by atoms with E-state index in [1.165, 1.54) is 0 Å². The molecule has 3 atom stereocenters. The molecule has 9 N–H and O–H groups in total. The number of rotatable bonds is 11. The van der Waals surface area contributed by atoms with E-state index in [1.807, 2.05) is 0 Å². The molecule has 0 spiro atoms. The van der Waals surface area contributed by atoms with Crippen molar-refractivity contribution in [3.63, 3.8) is 0 Å². The molecule has 0 radical (unpaired) electrons. The Balaban J connectivity index is 2.51. The molecule has 1 aromatic rings. The van der Waals surface area contributed by atoms with Crippen molar-refractivity contribution in [1.29, 1.82) is 0 Å². The maximum absolute atomic E-state index is 13.2. The predicted molar refractivity (Wildman–Crippen MR) is 137 cm³/mol. The fraction of sp³-hybridized carbons (Fsp3) is 0.500. The molecule has 41 heavy (non-hydrogen) atoms. The smallest absolute Gasteiger partial charge is 0.322 e. The predicted octanol–water partition coefficient (Wildman–Crippen LogP) is -2.08. The lowest BCUT2D eigenvalue weighted by Gasteiger charge is -2.26. The third kappa shape index (κ3) is 10.4. The highest BCUT2D eigenvalue weighted by Crippen LogP contribution is 2.25. The first-order chi connectivity index (χ1) is 19.4. The van der Waals surface area contributed by atoms with Crippen LogP contribution in [0, 0.1) is 10.1 Å². The number of quaternary nitrogens is 1. The van der Waals surface area contributed by atoms with Crippen LogP contribution < -0.4 is 31.7 Å². The number of hydrogen-bond donors (Lipinski definition) is 7. The van der Waals surface area contributed by atoms with Gasteiger partial charge >= 0.3 is 11.9 Å². The lowest BCUT2D eigenvalue weighted by Crippen LogP contribution is -2.57. The van der Waals surface area contributed by atoms with E-state index in [9.17, 15) is 38.9 Å². The number of nitro benzene ring substituents is 1. The summed E-state index contributed by atoms with van der Waals surface area (Å²) in [6, 6.07) is -0.837. The number of nitro groups is 1. The number of nitrogens with one attached hydrogen (secondary N) is 4. The van der Waals surface area contributed by atoms with Crippen molar-refractivity contribution in [2.24, 2.45) is 0 Å². The number of unbranched alkanes of at least 4 members (excludes halogenated alkanes) is 1. The van der Waals surface area contributed by atoms with E-state index in [0.717, 1.165) is 18.2 Å². The van der Waals surface area contributed by atoms with Crippen molar-refractivity contribution >= 4 is 41.3 Å². The van der Waals surface area contributed by atoms with E-state index >= 15 is 0 Å². The van der Waals surface area contributed by atoms with Crippen LogP contribution >= 0.6 is 0 Å². The van der Waals surface area contributed by atoms with Crippen LogP contribution in [-0.2, 0) is 24.0 Å². The molecule has 0 saturated heterocycles. The van der Waals surface area contributed by atoms with Crippen molar-refractivity contribution in [2.75, 3.05) is 19.7 Å². The summed E-state index contributed by atoms with van der Waals surface area (Å²) in [7, 11) is 0. The fourth-order valence-electron chi connectivity index (χ4n) is 3.89. The monoisotopic (exact) mass is 581 g/mol. The van der Waals surface area contributed by atoms with Crippen LogP contribution in [0.2, 0.25) is 0 Å². The van der Waals surface area contributed by atoms with Gasteiger partial charge in [-0.2, -0.15) is 0 Å². The van der Waals surface area contributed by atoms with Gasteiger partial charge in [0, 0.05) is 25.0 Å². The van der Waals surface area contributed by atoms with E-state index in [-0.39, 0.29) is 37.2 Å². The zero-order valence-corrected chi connectivity index (χ0v) is 22.1. The van der Waals surface area contributed by atoms with Crippen LogP contribution in [0.3, 0.4) is 0 Å². The molecule has 1 aliphatic rings. The molecule has 17 nitrogen and oxygen atoms in total. The number of carbonyl (C=O) groups excluding carboxylic acids is 4. The molecule has 224 valence electrons. The van der Waals surface area contributed by atoms with Gasteiger partial charge in [0.15, 0.2) is 0 Å². The molecule has 0 bridgehead atoms. The van der Waals surface area contributed by atoms with E-state index in [0.29, 0.717) is 19.4 Å².